The van der Waals surface area contributed by atoms with Crippen molar-refractivity contribution in [2.24, 2.45) is 0 Å². The number of amides is 1. The lowest BCUT2D eigenvalue weighted by Crippen LogP contribution is -2.21. The Morgan fingerprint density at radius 2 is 2.62 bits per heavy atom. The van der Waals surface area contributed by atoms with E-state index in [2.05, 4.69) is 16.5 Å². The van der Waals surface area contributed by atoms with Crippen LogP contribution in [0.5, 0.6) is 0 Å². The van der Waals surface area contributed by atoms with E-state index in [1.807, 2.05) is 0 Å². The molecule has 0 rings (SSSR count). The first kappa shape index (κ1) is 6.83. The van der Waals surface area contributed by atoms with E-state index in [4.69, 9.17) is 0 Å². The van der Waals surface area contributed by atoms with Gasteiger partial charge < -0.3 is 10.1 Å². The van der Waals surface area contributed by atoms with E-state index in [1.54, 1.807) is 13.0 Å². The van der Waals surface area contributed by atoms with Gasteiger partial charge in [-0.2, -0.15) is 0 Å². The third-order valence-corrected chi connectivity index (χ3v) is 0.473. The van der Waals surface area contributed by atoms with Crippen molar-refractivity contribution in [1.82, 2.24) is 5.32 Å². The van der Waals surface area contributed by atoms with Crippen molar-refractivity contribution < 1.29 is 9.53 Å². The van der Waals surface area contributed by atoms with Gasteiger partial charge in [0.15, 0.2) is 0 Å². The molecule has 0 aliphatic heterocycles. The molecule has 0 unspecified atom stereocenters. The number of nitrogens with one attached hydrogen (secondary N) is 1. The SMILES string of the molecule is C#COC(=O)NCC. The van der Waals surface area contributed by atoms with Crippen LogP contribution in [0.1, 0.15) is 6.92 Å². The van der Waals surface area contributed by atoms with Crippen LogP contribution in [0, 0.1) is 12.5 Å². The number of hydrogen-bond acceptors (Lipinski definition) is 2. The van der Waals surface area contributed by atoms with E-state index in [1.165, 1.54) is 0 Å². The Morgan fingerprint density at radius 1 is 2.00 bits per heavy atom. The van der Waals surface area contributed by atoms with E-state index < -0.39 is 6.09 Å². The number of terminal acetylenes is 1. The zero-order valence-electron chi connectivity index (χ0n) is 4.60. The van der Waals surface area contributed by atoms with Gasteiger partial charge in [0.05, 0.1) is 0 Å². The summed E-state index contributed by atoms with van der Waals surface area (Å²) in [6.45, 7) is 2.30. The van der Waals surface area contributed by atoms with Crippen molar-refractivity contribution in [2.45, 2.75) is 6.92 Å². The van der Waals surface area contributed by atoms with Gasteiger partial charge in [-0.25, -0.2) is 4.79 Å². The number of rotatable bonds is 1. The Hall–Kier alpha value is -1.17. The van der Waals surface area contributed by atoms with Crippen molar-refractivity contribution in [3.05, 3.63) is 0 Å². The molecule has 0 fully saturated rings. The van der Waals surface area contributed by atoms with Crippen molar-refractivity contribution >= 4 is 6.09 Å². The number of alkyl carbamates (subject to hydrolysis) is 1. The molecule has 0 atom stereocenters. The lowest BCUT2D eigenvalue weighted by Gasteiger charge is -1.93. The second kappa shape index (κ2) is 4.00. The molecule has 3 heteroatoms. The first-order valence-electron chi connectivity index (χ1n) is 2.21. The highest BCUT2D eigenvalue weighted by Crippen LogP contribution is 1.69. The summed E-state index contributed by atoms with van der Waals surface area (Å²) >= 11 is 0. The van der Waals surface area contributed by atoms with Crippen molar-refractivity contribution in [3.63, 3.8) is 0 Å². The molecule has 1 amide bonds. The Labute approximate surface area is 48.0 Å². The fourth-order valence-electron chi connectivity index (χ4n) is 0.234. The van der Waals surface area contributed by atoms with Gasteiger partial charge in [-0.1, -0.05) is 6.42 Å². The molecular weight excluding hydrogens is 106 g/mol. The summed E-state index contributed by atoms with van der Waals surface area (Å²) < 4.78 is 4.06. The maximum atomic E-state index is 10.2. The standard InChI is InChI=1S/C5H7NO2/c1-3-6-5(7)8-4-2/h2H,3H2,1H3,(H,6,7). The van der Waals surface area contributed by atoms with Crippen LogP contribution < -0.4 is 5.32 Å². The molecule has 0 saturated heterocycles. The van der Waals surface area contributed by atoms with Crippen LogP contribution in [0.25, 0.3) is 0 Å². The lowest BCUT2D eigenvalue weighted by molar-refractivity contribution is 0.192. The molecule has 0 bridgehead atoms. The molecule has 3 nitrogen and oxygen atoms in total. The molecule has 0 aliphatic rings. The predicted molar refractivity (Wildman–Crippen MR) is 29.0 cm³/mol. The molecule has 44 valence electrons. The molecule has 0 aromatic heterocycles. The first-order chi connectivity index (χ1) is 3.81. The van der Waals surface area contributed by atoms with Gasteiger partial charge in [-0.05, 0) is 6.92 Å². The third-order valence-electron chi connectivity index (χ3n) is 0.473. The molecule has 0 radical (unpaired) electrons. The minimum Gasteiger partial charge on any atom is -0.356 e. The summed E-state index contributed by atoms with van der Waals surface area (Å²) in [5.74, 6) is 0. The van der Waals surface area contributed by atoms with Crippen LogP contribution in [-0.4, -0.2) is 12.6 Å². The lowest BCUT2D eigenvalue weighted by atomic mass is 10.8. The van der Waals surface area contributed by atoms with E-state index in [-0.39, 0.29) is 0 Å². The summed E-state index contributed by atoms with van der Waals surface area (Å²) in [6.07, 6.45) is 5.79. The molecule has 0 heterocycles. The van der Waals surface area contributed by atoms with Crippen LogP contribution in [-0.2, 0) is 4.74 Å². The molecule has 8 heavy (non-hydrogen) atoms. The van der Waals surface area contributed by atoms with Crippen LogP contribution in [0.2, 0.25) is 0 Å². The van der Waals surface area contributed by atoms with Crippen LogP contribution in [0.4, 0.5) is 4.79 Å². The Balaban J connectivity index is 3.23. The normalized spacial score (nSPS) is 7.00. The molecule has 0 spiro atoms. The van der Waals surface area contributed by atoms with Gasteiger partial charge in [0.2, 0.25) is 0 Å². The van der Waals surface area contributed by atoms with Gasteiger partial charge in [0, 0.05) is 6.54 Å². The second-order valence-corrected chi connectivity index (χ2v) is 1.04. The fourth-order valence-corrected chi connectivity index (χ4v) is 0.234. The maximum absolute atomic E-state index is 10.2. The van der Waals surface area contributed by atoms with Gasteiger partial charge in [0.25, 0.3) is 0 Å². The first-order valence-corrected chi connectivity index (χ1v) is 2.21. The highest BCUT2D eigenvalue weighted by molar-refractivity contribution is 5.68. The smallest absolute Gasteiger partial charge is 0.356 e. The molecule has 1 N–H and O–H groups in total. The minimum absolute atomic E-state index is 0.528. The zero-order chi connectivity index (χ0) is 6.41. The Morgan fingerprint density at radius 3 is 3.00 bits per heavy atom. The van der Waals surface area contributed by atoms with Gasteiger partial charge >= 0.3 is 6.09 Å². The second-order valence-electron chi connectivity index (χ2n) is 1.04. The maximum Gasteiger partial charge on any atom is 0.421 e. The molecule has 0 aromatic carbocycles. The Kier molecular flexibility index (Phi) is 3.42. The highest BCUT2D eigenvalue weighted by Gasteiger charge is 1.92. The molecule has 0 aliphatic carbocycles. The number of hydrogen-bond donors (Lipinski definition) is 1. The predicted octanol–water partition coefficient (Wildman–Crippen LogP) is 0.323. The van der Waals surface area contributed by atoms with Crippen LogP contribution >= 0.6 is 0 Å². The van der Waals surface area contributed by atoms with E-state index in [0.29, 0.717) is 6.54 Å². The van der Waals surface area contributed by atoms with E-state index in [0.717, 1.165) is 0 Å². The number of carbonyl (C=O) groups is 1. The number of carbonyl (C=O) groups excluding carboxylic acids is 1. The van der Waals surface area contributed by atoms with Gasteiger partial charge in [-0.15, -0.1) is 0 Å². The summed E-state index contributed by atoms with van der Waals surface area (Å²) in [5.41, 5.74) is 0. The minimum atomic E-state index is -0.574. The largest absolute Gasteiger partial charge is 0.421 e. The monoisotopic (exact) mass is 113 g/mol. The van der Waals surface area contributed by atoms with Crippen LogP contribution in [0.15, 0.2) is 0 Å². The molecule has 0 saturated carbocycles. The third kappa shape index (κ3) is 3.04. The van der Waals surface area contributed by atoms with E-state index >= 15 is 0 Å². The quantitative estimate of drug-likeness (QED) is 0.497. The van der Waals surface area contributed by atoms with Crippen molar-refractivity contribution in [3.8, 4) is 12.5 Å². The average molecular weight is 113 g/mol. The zero-order valence-corrected chi connectivity index (χ0v) is 4.60. The molecular formula is C5H7NO2. The van der Waals surface area contributed by atoms with Gasteiger partial charge in [0.1, 0.15) is 6.11 Å². The summed E-state index contributed by atoms with van der Waals surface area (Å²) in [5, 5.41) is 2.34. The van der Waals surface area contributed by atoms with Crippen LogP contribution in [0.3, 0.4) is 0 Å². The van der Waals surface area contributed by atoms with E-state index in [9.17, 15) is 4.79 Å². The number of ether oxygens (including phenoxy) is 1. The van der Waals surface area contributed by atoms with Crippen molar-refractivity contribution in [1.29, 1.82) is 0 Å². The fraction of sp³-hybridized carbons (Fsp3) is 0.400. The summed E-state index contributed by atoms with van der Waals surface area (Å²) in [6, 6.07) is 0. The topological polar surface area (TPSA) is 38.3 Å². The summed E-state index contributed by atoms with van der Waals surface area (Å²) in [4.78, 5) is 10.2. The summed E-state index contributed by atoms with van der Waals surface area (Å²) in [7, 11) is 0. The van der Waals surface area contributed by atoms with Gasteiger partial charge in [-0.3, -0.25) is 0 Å². The Bertz CT molecular complexity index is 114. The molecule has 0 aromatic rings. The van der Waals surface area contributed by atoms with Crippen molar-refractivity contribution in [2.75, 3.05) is 6.54 Å². The average Bonchev–Trinajstić information content (AvgIpc) is 1.68. The highest BCUT2D eigenvalue weighted by atomic mass is 16.5.